The summed E-state index contributed by atoms with van der Waals surface area (Å²) >= 11 is 0. The second kappa shape index (κ2) is 7.18. The Morgan fingerprint density at radius 1 is 1.25 bits per heavy atom. The van der Waals surface area contributed by atoms with E-state index < -0.39 is 58.9 Å². The molecule has 36 heavy (non-hydrogen) atoms. The molecule has 4 aliphatic carbocycles. The first kappa shape index (κ1) is 23.7. The van der Waals surface area contributed by atoms with Crippen LogP contribution in [0.5, 0.6) is 0 Å². The first-order valence-corrected chi connectivity index (χ1v) is 13.4. The van der Waals surface area contributed by atoms with Gasteiger partial charge < -0.3 is 34.0 Å². The van der Waals surface area contributed by atoms with Crippen molar-refractivity contribution < 1.29 is 43.5 Å². The minimum Gasteiger partial charge on any atom is -0.481 e. The minimum absolute atomic E-state index is 0.0169. The van der Waals surface area contributed by atoms with E-state index in [1.807, 2.05) is 13.8 Å². The van der Waals surface area contributed by atoms with Crippen LogP contribution in [0.3, 0.4) is 0 Å². The van der Waals surface area contributed by atoms with Crippen molar-refractivity contribution in [3.8, 4) is 0 Å². The van der Waals surface area contributed by atoms with Crippen molar-refractivity contribution in [2.24, 2.45) is 45.8 Å². The second-order valence-corrected chi connectivity index (χ2v) is 12.7. The number of fused-ring (bicyclic) bond motifs is 2. The van der Waals surface area contributed by atoms with Crippen LogP contribution in [0.2, 0.25) is 0 Å². The molecular weight excluding hydrogens is 468 g/mol. The van der Waals surface area contributed by atoms with Crippen LogP contribution in [0.4, 0.5) is 0 Å². The van der Waals surface area contributed by atoms with Crippen LogP contribution >= 0.6 is 0 Å². The molecule has 9 nitrogen and oxygen atoms in total. The van der Waals surface area contributed by atoms with Crippen molar-refractivity contribution >= 4 is 12.3 Å². The summed E-state index contributed by atoms with van der Waals surface area (Å²) in [6.07, 6.45) is 2.59. The van der Waals surface area contributed by atoms with Crippen LogP contribution in [0.25, 0.3) is 0 Å². The Hall–Kier alpha value is -1.36. The highest BCUT2D eigenvalue weighted by Gasteiger charge is 2.85. The van der Waals surface area contributed by atoms with E-state index in [1.165, 1.54) is 7.11 Å². The maximum atomic E-state index is 13.6. The lowest BCUT2D eigenvalue weighted by atomic mass is 9.43. The van der Waals surface area contributed by atoms with Gasteiger partial charge in [0.1, 0.15) is 30.0 Å². The lowest BCUT2D eigenvalue weighted by Crippen LogP contribution is -2.66. The monoisotopic (exact) mass is 504 g/mol. The number of carbonyl (C=O) groups is 2. The number of methoxy groups -OCH3 is 1. The Morgan fingerprint density at radius 2 is 2.03 bits per heavy atom. The Labute approximate surface area is 210 Å². The topological polar surface area (TPSA) is 121 Å². The van der Waals surface area contributed by atoms with Gasteiger partial charge in [-0.05, 0) is 48.9 Å². The van der Waals surface area contributed by atoms with Crippen molar-refractivity contribution in [3.05, 3.63) is 11.6 Å². The zero-order valence-electron chi connectivity index (χ0n) is 21.2. The maximum Gasteiger partial charge on any atom is 0.316 e. The molecule has 2 N–H and O–H groups in total. The summed E-state index contributed by atoms with van der Waals surface area (Å²) in [7, 11) is 1.54. The number of aliphatic hydroxyl groups excluding tert-OH is 1. The van der Waals surface area contributed by atoms with Gasteiger partial charge in [0, 0.05) is 12.5 Å². The summed E-state index contributed by atoms with van der Waals surface area (Å²) < 4.78 is 29.7. The number of aliphatic carboxylic acids is 1. The van der Waals surface area contributed by atoms with E-state index in [0.717, 1.165) is 24.7 Å². The number of carboxylic acids is 1. The van der Waals surface area contributed by atoms with Gasteiger partial charge in [-0.25, -0.2) is 0 Å². The fraction of sp³-hybridized carbons (Fsp3) is 0.852. The van der Waals surface area contributed by atoms with Crippen molar-refractivity contribution in [2.45, 2.75) is 83.1 Å². The molecule has 0 spiro atoms. The molecule has 0 aromatic rings. The molecule has 3 saturated carbocycles. The van der Waals surface area contributed by atoms with Crippen molar-refractivity contribution in [1.29, 1.82) is 0 Å². The molecule has 13 atom stereocenters. The molecule has 0 radical (unpaired) electrons. The zero-order chi connectivity index (χ0) is 25.4. The van der Waals surface area contributed by atoms with E-state index in [0.29, 0.717) is 18.8 Å². The Balaban J connectivity index is 1.32. The van der Waals surface area contributed by atoms with Crippen LogP contribution in [0.15, 0.2) is 11.6 Å². The highest BCUT2D eigenvalue weighted by molar-refractivity contribution is 5.90. The van der Waals surface area contributed by atoms with E-state index in [1.54, 1.807) is 0 Å². The minimum atomic E-state index is -1.73. The van der Waals surface area contributed by atoms with E-state index in [2.05, 4.69) is 13.0 Å². The molecule has 7 fully saturated rings. The Morgan fingerprint density at radius 3 is 2.69 bits per heavy atom. The summed E-state index contributed by atoms with van der Waals surface area (Å²) in [6.45, 7) is 6.27. The van der Waals surface area contributed by atoms with Gasteiger partial charge in [-0.2, -0.15) is 0 Å². The van der Waals surface area contributed by atoms with Crippen molar-refractivity contribution in [3.63, 3.8) is 0 Å². The average molecular weight is 505 g/mol. The van der Waals surface area contributed by atoms with Crippen LogP contribution in [-0.4, -0.2) is 72.9 Å². The Bertz CT molecular complexity index is 1040. The number of carbonyl (C=O) groups excluding carboxylic acids is 1. The molecule has 4 saturated heterocycles. The molecule has 8 aliphatic rings. The molecule has 0 unspecified atom stereocenters. The van der Waals surface area contributed by atoms with Gasteiger partial charge in [0.2, 0.25) is 0 Å². The fourth-order valence-corrected chi connectivity index (χ4v) is 10.1. The molecule has 9 heteroatoms. The predicted octanol–water partition coefficient (Wildman–Crippen LogP) is 2.11. The smallest absolute Gasteiger partial charge is 0.316 e. The largest absolute Gasteiger partial charge is 0.481 e. The third-order valence-electron chi connectivity index (χ3n) is 11.4. The molecule has 0 amide bonds. The van der Waals surface area contributed by atoms with Gasteiger partial charge in [0.25, 0.3) is 0 Å². The quantitative estimate of drug-likeness (QED) is 0.397. The third-order valence-corrected chi connectivity index (χ3v) is 11.4. The van der Waals surface area contributed by atoms with E-state index in [4.69, 9.17) is 23.7 Å². The fourth-order valence-electron chi connectivity index (χ4n) is 10.1. The molecule has 4 aliphatic heterocycles. The SMILES string of the molecule is CO[C@@H]1[C@@H]2O[C@@]3(OC[C@@]45C[C@@H]6[C@H](C)CC[C@H]6[C@@]6(C=O)C[C@@H]4C=C(C(C)C)[C@@]56C(=O)O)O[C@@H]2O[C@H]1[C@H]3O. The molecule has 8 rings (SSSR count). The number of aliphatic hydroxyl groups is 1. The van der Waals surface area contributed by atoms with Crippen LogP contribution in [0.1, 0.15) is 46.5 Å². The maximum absolute atomic E-state index is 13.6. The molecule has 0 aromatic heterocycles. The Kier molecular flexibility index (Phi) is 4.74. The van der Waals surface area contributed by atoms with Crippen molar-refractivity contribution in [2.75, 3.05) is 13.7 Å². The summed E-state index contributed by atoms with van der Waals surface area (Å²) in [6, 6.07) is 0. The summed E-state index contributed by atoms with van der Waals surface area (Å²) in [5.41, 5.74) is -2.31. The van der Waals surface area contributed by atoms with Gasteiger partial charge in [-0.3, -0.25) is 9.53 Å². The lowest BCUT2D eigenvalue weighted by molar-refractivity contribution is -0.448. The lowest BCUT2D eigenvalue weighted by Gasteiger charge is -2.58. The predicted molar refractivity (Wildman–Crippen MR) is 122 cm³/mol. The molecule has 198 valence electrons. The number of carboxylic acid groups (broad SMARTS) is 1. The van der Waals surface area contributed by atoms with E-state index in [9.17, 15) is 19.8 Å². The molecular formula is C27H36O9. The summed E-state index contributed by atoms with van der Waals surface area (Å²) in [5, 5.41) is 22.2. The highest BCUT2D eigenvalue weighted by atomic mass is 17.0. The molecule has 0 aromatic carbocycles. The van der Waals surface area contributed by atoms with Crippen LogP contribution < -0.4 is 0 Å². The summed E-state index contributed by atoms with van der Waals surface area (Å²) in [5.74, 6) is -2.10. The molecule has 8 bridgehead atoms. The van der Waals surface area contributed by atoms with E-state index in [-0.39, 0.29) is 30.3 Å². The third kappa shape index (κ3) is 2.28. The normalized spacial score (nSPS) is 57.5. The van der Waals surface area contributed by atoms with Crippen LogP contribution in [0, 0.1) is 45.8 Å². The number of ether oxygens (including phenoxy) is 5. The number of allylic oxidation sites excluding steroid dienone is 1. The molecule has 4 heterocycles. The summed E-state index contributed by atoms with van der Waals surface area (Å²) in [4.78, 5) is 26.7. The average Bonchev–Trinajstić information content (AvgIpc) is 3.57. The first-order chi connectivity index (χ1) is 17.1. The first-order valence-electron chi connectivity index (χ1n) is 13.4. The second-order valence-electron chi connectivity index (χ2n) is 12.7. The van der Waals surface area contributed by atoms with Crippen molar-refractivity contribution in [1.82, 2.24) is 0 Å². The van der Waals surface area contributed by atoms with Gasteiger partial charge >= 0.3 is 11.9 Å². The van der Waals surface area contributed by atoms with Gasteiger partial charge in [0.05, 0.1) is 12.0 Å². The zero-order valence-corrected chi connectivity index (χ0v) is 21.2. The standard InChI is InChI=1S/C27H36O9/c1-12(2)17-7-14-8-24(10-28)16-6-5-13(3)15(16)9-25(14,26(17,24)23(30)31)11-33-27-21(29)19-18(32-4)20(35-27)22(34-19)36-27/h7,10,12-16,18-22,29H,5-6,8-9,11H2,1-4H3,(H,30,31)/t13-,14+,15-,16-,18+,19-,20+,21-,22+,24+,25+,26+,27-/m1/s1. The number of rotatable bonds is 7. The number of aldehydes is 1. The van der Waals surface area contributed by atoms with Gasteiger partial charge in [-0.15, -0.1) is 0 Å². The number of hydrogen-bond donors (Lipinski definition) is 2. The highest BCUT2D eigenvalue weighted by Crippen LogP contribution is 2.82. The van der Waals surface area contributed by atoms with Gasteiger partial charge in [0.15, 0.2) is 12.4 Å². The van der Waals surface area contributed by atoms with E-state index >= 15 is 0 Å². The van der Waals surface area contributed by atoms with Gasteiger partial charge in [-0.1, -0.05) is 38.8 Å². The van der Waals surface area contributed by atoms with Crippen LogP contribution in [-0.2, 0) is 33.3 Å². The number of hydrogen-bond acceptors (Lipinski definition) is 8.